The van der Waals surface area contributed by atoms with Crippen LogP contribution < -0.4 is 5.73 Å². The highest BCUT2D eigenvalue weighted by Gasteiger charge is 2.16. The summed E-state index contributed by atoms with van der Waals surface area (Å²) < 4.78 is 0. The first-order valence-corrected chi connectivity index (χ1v) is 7.19. The molecule has 108 valence electrons. The lowest BCUT2D eigenvalue weighted by Gasteiger charge is -2.21. The number of amides is 1. The third-order valence-electron chi connectivity index (χ3n) is 3.52. The van der Waals surface area contributed by atoms with Gasteiger partial charge in [-0.15, -0.1) is 0 Å². The Labute approximate surface area is 124 Å². The zero-order chi connectivity index (χ0) is 14.5. The highest BCUT2D eigenvalue weighted by Crippen LogP contribution is 2.10. The van der Waals surface area contributed by atoms with E-state index in [0.29, 0.717) is 10.7 Å². The smallest absolute Gasteiger partial charge is 0.219 e. The predicted octanol–water partition coefficient (Wildman–Crippen LogP) is 0.770. The summed E-state index contributed by atoms with van der Waals surface area (Å²) in [5.41, 5.74) is 7.42. The van der Waals surface area contributed by atoms with Crippen molar-refractivity contribution in [2.24, 2.45) is 5.73 Å². The molecule has 1 amide bonds. The van der Waals surface area contributed by atoms with E-state index >= 15 is 0 Å². The van der Waals surface area contributed by atoms with Gasteiger partial charge in [0.15, 0.2) is 0 Å². The van der Waals surface area contributed by atoms with Crippen LogP contribution in [-0.2, 0) is 11.3 Å². The molecule has 0 spiro atoms. The first-order valence-electron chi connectivity index (χ1n) is 6.79. The molecule has 1 aromatic rings. The zero-order valence-corrected chi connectivity index (χ0v) is 12.5. The number of rotatable bonds is 3. The summed E-state index contributed by atoms with van der Waals surface area (Å²) >= 11 is 4.95. The second-order valence-corrected chi connectivity index (χ2v) is 5.49. The lowest BCUT2D eigenvalue weighted by Crippen LogP contribution is -2.33. The van der Waals surface area contributed by atoms with E-state index in [1.807, 2.05) is 17.0 Å². The highest BCUT2D eigenvalue weighted by molar-refractivity contribution is 7.80. The number of thiocarbonyl (C=S) groups is 1. The summed E-state index contributed by atoms with van der Waals surface area (Å²) in [5.74, 6) is 0.159. The second kappa shape index (κ2) is 6.76. The maximum absolute atomic E-state index is 11.4. The van der Waals surface area contributed by atoms with Crippen LogP contribution in [0.2, 0.25) is 0 Å². The molecule has 1 fully saturated rings. The van der Waals surface area contributed by atoms with Gasteiger partial charge < -0.3 is 10.6 Å². The van der Waals surface area contributed by atoms with Crippen LogP contribution in [-0.4, -0.2) is 51.9 Å². The fourth-order valence-electron chi connectivity index (χ4n) is 2.41. The molecular formula is C14H20N4OS. The van der Waals surface area contributed by atoms with Gasteiger partial charge in [0.2, 0.25) is 5.91 Å². The third kappa shape index (κ3) is 3.98. The fraction of sp³-hybridized carbons (Fsp3) is 0.500. The van der Waals surface area contributed by atoms with E-state index in [1.54, 1.807) is 13.1 Å². The Kier molecular flexibility index (Phi) is 5.03. The van der Waals surface area contributed by atoms with Gasteiger partial charge in [-0.1, -0.05) is 12.2 Å². The van der Waals surface area contributed by atoms with Crippen LogP contribution >= 0.6 is 12.2 Å². The Balaban J connectivity index is 1.98. The number of hydrogen-bond donors (Lipinski definition) is 1. The average Bonchev–Trinajstić information content (AvgIpc) is 2.65. The summed E-state index contributed by atoms with van der Waals surface area (Å²) in [5, 5.41) is 0. The molecule has 0 radical (unpaired) electrons. The van der Waals surface area contributed by atoms with Gasteiger partial charge in [0, 0.05) is 45.8 Å². The number of nitrogens with two attached hydrogens (primary N) is 1. The largest absolute Gasteiger partial charge is 0.388 e. The number of nitrogens with zero attached hydrogens (tertiary/aromatic N) is 3. The first kappa shape index (κ1) is 14.9. The molecule has 2 heterocycles. The van der Waals surface area contributed by atoms with Crippen LogP contribution in [0.3, 0.4) is 0 Å². The van der Waals surface area contributed by atoms with Gasteiger partial charge in [-0.25, -0.2) is 0 Å². The SMILES string of the molecule is CC(=O)N1CCCN(Cc2ccnc(C(N)=S)c2)CC1. The first-order chi connectivity index (χ1) is 9.56. The summed E-state index contributed by atoms with van der Waals surface area (Å²) in [6.45, 7) is 6.00. The second-order valence-electron chi connectivity index (χ2n) is 5.05. The number of carbonyl (C=O) groups is 1. The molecular weight excluding hydrogens is 272 g/mol. The molecule has 2 N–H and O–H groups in total. The number of aromatic nitrogens is 1. The van der Waals surface area contributed by atoms with E-state index in [4.69, 9.17) is 18.0 Å². The minimum Gasteiger partial charge on any atom is -0.388 e. The van der Waals surface area contributed by atoms with Gasteiger partial charge in [-0.05, 0) is 24.1 Å². The summed E-state index contributed by atoms with van der Waals surface area (Å²) in [6.07, 6.45) is 2.75. The predicted molar refractivity (Wildman–Crippen MR) is 82.3 cm³/mol. The minimum absolute atomic E-state index is 0.159. The molecule has 0 aromatic carbocycles. The zero-order valence-electron chi connectivity index (χ0n) is 11.7. The minimum atomic E-state index is 0.159. The van der Waals surface area contributed by atoms with E-state index < -0.39 is 0 Å². The number of carbonyl (C=O) groups excluding carboxylic acids is 1. The Morgan fingerprint density at radius 2 is 2.20 bits per heavy atom. The molecule has 2 rings (SSSR count). The van der Waals surface area contributed by atoms with E-state index in [2.05, 4.69) is 9.88 Å². The molecule has 1 aromatic heterocycles. The van der Waals surface area contributed by atoms with Crippen molar-refractivity contribution in [1.82, 2.24) is 14.8 Å². The Hall–Kier alpha value is -1.53. The lowest BCUT2D eigenvalue weighted by molar-refractivity contribution is -0.128. The van der Waals surface area contributed by atoms with Crippen LogP contribution in [0, 0.1) is 0 Å². The van der Waals surface area contributed by atoms with Gasteiger partial charge in [0.25, 0.3) is 0 Å². The van der Waals surface area contributed by atoms with E-state index in [0.717, 1.165) is 44.7 Å². The molecule has 1 saturated heterocycles. The maximum Gasteiger partial charge on any atom is 0.219 e. The normalized spacial score (nSPS) is 16.8. The van der Waals surface area contributed by atoms with Crippen molar-refractivity contribution < 1.29 is 4.79 Å². The van der Waals surface area contributed by atoms with E-state index in [1.165, 1.54) is 0 Å². The van der Waals surface area contributed by atoms with Crippen molar-refractivity contribution >= 4 is 23.1 Å². The molecule has 0 atom stereocenters. The van der Waals surface area contributed by atoms with Crippen molar-refractivity contribution in [3.63, 3.8) is 0 Å². The Morgan fingerprint density at radius 1 is 1.40 bits per heavy atom. The van der Waals surface area contributed by atoms with Gasteiger partial charge in [0.1, 0.15) is 4.99 Å². The van der Waals surface area contributed by atoms with Crippen LogP contribution in [0.5, 0.6) is 0 Å². The van der Waals surface area contributed by atoms with Crippen molar-refractivity contribution in [2.45, 2.75) is 19.9 Å². The molecule has 20 heavy (non-hydrogen) atoms. The molecule has 6 heteroatoms. The van der Waals surface area contributed by atoms with Gasteiger partial charge in [0.05, 0.1) is 5.69 Å². The van der Waals surface area contributed by atoms with E-state index in [9.17, 15) is 4.79 Å². The van der Waals surface area contributed by atoms with Crippen LogP contribution in [0.4, 0.5) is 0 Å². The van der Waals surface area contributed by atoms with Crippen molar-refractivity contribution in [3.05, 3.63) is 29.6 Å². The van der Waals surface area contributed by atoms with Crippen molar-refractivity contribution in [3.8, 4) is 0 Å². The topological polar surface area (TPSA) is 62.5 Å². The average molecular weight is 292 g/mol. The summed E-state index contributed by atoms with van der Waals surface area (Å²) in [7, 11) is 0. The van der Waals surface area contributed by atoms with Gasteiger partial charge in [-0.3, -0.25) is 14.7 Å². The molecule has 0 unspecified atom stereocenters. The van der Waals surface area contributed by atoms with Gasteiger partial charge >= 0.3 is 0 Å². The Morgan fingerprint density at radius 3 is 2.90 bits per heavy atom. The molecule has 0 aliphatic carbocycles. The van der Waals surface area contributed by atoms with Crippen molar-refractivity contribution in [1.29, 1.82) is 0 Å². The summed E-state index contributed by atoms with van der Waals surface area (Å²) in [4.78, 5) is 20.1. The van der Waals surface area contributed by atoms with Crippen LogP contribution in [0.25, 0.3) is 0 Å². The maximum atomic E-state index is 11.4. The monoisotopic (exact) mass is 292 g/mol. The summed E-state index contributed by atoms with van der Waals surface area (Å²) in [6, 6.07) is 3.92. The molecule has 0 saturated carbocycles. The standard InChI is InChI=1S/C14H20N4OS/c1-11(19)18-6-2-5-17(7-8-18)10-12-3-4-16-13(9-12)14(15)20/h3-4,9H,2,5-8,10H2,1H3,(H2,15,20). The number of hydrogen-bond acceptors (Lipinski definition) is 4. The van der Waals surface area contributed by atoms with E-state index in [-0.39, 0.29) is 5.91 Å². The molecule has 0 bridgehead atoms. The Bertz CT molecular complexity index is 506. The molecule has 1 aliphatic rings. The van der Waals surface area contributed by atoms with Crippen LogP contribution in [0.1, 0.15) is 24.6 Å². The lowest BCUT2D eigenvalue weighted by atomic mass is 10.2. The fourth-order valence-corrected chi connectivity index (χ4v) is 2.52. The highest BCUT2D eigenvalue weighted by atomic mass is 32.1. The molecule has 1 aliphatic heterocycles. The van der Waals surface area contributed by atoms with Crippen molar-refractivity contribution in [2.75, 3.05) is 26.2 Å². The quantitative estimate of drug-likeness (QED) is 0.834. The van der Waals surface area contributed by atoms with Crippen LogP contribution in [0.15, 0.2) is 18.3 Å². The third-order valence-corrected chi connectivity index (χ3v) is 3.73. The van der Waals surface area contributed by atoms with Gasteiger partial charge in [-0.2, -0.15) is 0 Å². The number of pyridine rings is 1. The molecule has 5 nitrogen and oxygen atoms in total.